The molecular formula is H6N4O3Zr3. The first-order valence-electron chi connectivity index (χ1n) is 0. The standard InChI is InChI=1S/4N.3H2O.3Zr/h;;;;3*1H2;;;/q4*-3;;;;3*+4. The Labute approximate surface area is 118 Å². The van der Waals surface area contributed by atoms with Gasteiger partial charge in [0.15, 0.2) is 0 Å². The average molecular weight is 384 g/mol. The summed E-state index contributed by atoms with van der Waals surface area (Å²) < 4.78 is 0. The van der Waals surface area contributed by atoms with Crippen LogP contribution >= 0.6 is 0 Å². The monoisotopic (exact) mass is 380 g/mol. The third kappa shape index (κ3) is 162. The van der Waals surface area contributed by atoms with E-state index in [9.17, 15) is 0 Å². The van der Waals surface area contributed by atoms with Crippen LogP contribution in [0.25, 0.3) is 24.6 Å². The van der Waals surface area contributed by atoms with E-state index in [0.717, 1.165) is 0 Å². The fourth-order valence-corrected chi connectivity index (χ4v) is 0. The molecule has 0 aromatic carbocycles. The van der Waals surface area contributed by atoms with Gasteiger partial charge < -0.3 is 41.0 Å². The summed E-state index contributed by atoms with van der Waals surface area (Å²) >= 11 is 0. The fourth-order valence-electron chi connectivity index (χ4n) is 0. The summed E-state index contributed by atoms with van der Waals surface area (Å²) in [7, 11) is 0. The van der Waals surface area contributed by atoms with Crippen LogP contribution in [0.1, 0.15) is 0 Å². The minimum Gasteiger partial charge on any atom is -3.00 e. The van der Waals surface area contributed by atoms with E-state index in [0.29, 0.717) is 0 Å². The third-order valence-corrected chi connectivity index (χ3v) is 0. The van der Waals surface area contributed by atoms with E-state index in [2.05, 4.69) is 0 Å². The van der Waals surface area contributed by atoms with Gasteiger partial charge >= 0.3 is 78.6 Å². The molecule has 0 aliphatic carbocycles. The van der Waals surface area contributed by atoms with Gasteiger partial charge in [0.1, 0.15) is 0 Å². The van der Waals surface area contributed by atoms with Crippen molar-refractivity contribution in [1.29, 1.82) is 0 Å². The van der Waals surface area contributed by atoms with E-state index in [4.69, 9.17) is 0 Å². The molecule has 6 N–H and O–H groups in total. The number of rotatable bonds is 0. The zero-order valence-corrected chi connectivity index (χ0v) is 12.2. The van der Waals surface area contributed by atoms with E-state index in [-0.39, 0.29) is 120 Å². The summed E-state index contributed by atoms with van der Waals surface area (Å²) in [6.07, 6.45) is 0. The molecule has 56 valence electrons. The van der Waals surface area contributed by atoms with Crippen LogP contribution in [0.15, 0.2) is 0 Å². The van der Waals surface area contributed by atoms with Crippen molar-refractivity contribution in [2.75, 3.05) is 0 Å². The Morgan fingerprint density at radius 3 is 0.300 bits per heavy atom. The second-order valence-corrected chi connectivity index (χ2v) is 0. The van der Waals surface area contributed by atoms with Crippen LogP contribution in [0, 0.1) is 0 Å². The van der Waals surface area contributed by atoms with Gasteiger partial charge in [0.2, 0.25) is 0 Å². The first kappa shape index (κ1) is 285. The number of hydrogen-bond acceptors (Lipinski definition) is 0. The SMILES string of the molecule is O.O.O.[N-3].[N-3].[N-3].[N-3].[Zr+4].[Zr+4].[Zr+4]. The zero-order chi connectivity index (χ0) is 0. The molecule has 0 rings (SSSR count). The molecule has 0 amide bonds. The average Bonchev–Trinajstić information content (AvgIpc) is 0. The van der Waals surface area contributed by atoms with Gasteiger partial charge in [0.05, 0.1) is 0 Å². The molecule has 0 saturated carbocycles. The van der Waals surface area contributed by atoms with E-state index in [1.165, 1.54) is 0 Å². The Bertz CT molecular complexity index is 15.7. The van der Waals surface area contributed by atoms with Crippen molar-refractivity contribution in [3.05, 3.63) is 24.6 Å². The summed E-state index contributed by atoms with van der Waals surface area (Å²) in [6.45, 7) is 0. The molecule has 0 aromatic rings. The quantitative estimate of drug-likeness (QED) is 0.474. The van der Waals surface area contributed by atoms with Crippen LogP contribution in [0.5, 0.6) is 0 Å². The minimum absolute atomic E-state index is 0. The van der Waals surface area contributed by atoms with Gasteiger partial charge in [-0.25, -0.2) is 0 Å². The van der Waals surface area contributed by atoms with E-state index >= 15 is 0 Å². The second-order valence-electron chi connectivity index (χ2n) is 0. The maximum Gasteiger partial charge on any atom is 4.00 e. The maximum atomic E-state index is 0. The van der Waals surface area contributed by atoms with Gasteiger partial charge in [-0.05, 0) is 0 Å². The molecular weight excluding hydrogens is 378 g/mol. The van der Waals surface area contributed by atoms with Gasteiger partial charge in [-0.3, -0.25) is 0 Å². The molecule has 0 atom stereocenters. The van der Waals surface area contributed by atoms with Crippen LogP contribution in [-0.4, -0.2) is 16.4 Å². The molecule has 7 nitrogen and oxygen atoms in total. The first-order chi connectivity index (χ1) is 0. The molecule has 0 heterocycles. The van der Waals surface area contributed by atoms with Crippen LogP contribution in [0.4, 0.5) is 0 Å². The summed E-state index contributed by atoms with van der Waals surface area (Å²) in [6, 6.07) is 0. The molecule has 0 unspecified atom stereocenters. The Morgan fingerprint density at radius 1 is 0.300 bits per heavy atom. The van der Waals surface area contributed by atoms with Crippen molar-refractivity contribution >= 4 is 0 Å². The van der Waals surface area contributed by atoms with Crippen LogP contribution in [-0.2, 0) is 78.6 Å². The summed E-state index contributed by atoms with van der Waals surface area (Å²) in [5.41, 5.74) is 0. The van der Waals surface area contributed by atoms with Crippen molar-refractivity contribution in [3.8, 4) is 0 Å². The molecule has 0 saturated heterocycles. The van der Waals surface area contributed by atoms with Crippen LogP contribution in [0.3, 0.4) is 0 Å². The van der Waals surface area contributed by atoms with Gasteiger partial charge in [0, 0.05) is 0 Å². The van der Waals surface area contributed by atoms with Gasteiger partial charge in [-0.15, -0.1) is 0 Å². The van der Waals surface area contributed by atoms with Crippen LogP contribution < -0.4 is 0 Å². The first-order valence-corrected chi connectivity index (χ1v) is 0. The van der Waals surface area contributed by atoms with Crippen molar-refractivity contribution in [2.45, 2.75) is 0 Å². The number of hydrogen-bond donors (Lipinski definition) is 0. The van der Waals surface area contributed by atoms with Crippen molar-refractivity contribution in [3.63, 3.8) is 0 Å². The molecule has 10 heavy (non-hydrogen) atoms. The molecule has 0 aliphatic heterocycles. The molecule has 0 aliphatic rings. The van der Waals surface area contributed by atoms with Gasteiger partial charge in [0.25, 0.3) is 0 Å². The smallest absolute Gasteiger partial charge is 3.00 e. The predicted molar refractivity (Wildman–Crippen MR) is 24.3 cm³/mol. The predicted octanol–water partition coefficient (Wildman–Crippen LogP) is -1.33. The molecule has 0 bridgehead atoms. The fraction of sp³-hybridized carbons (Fsp3) is 0. The topological polar surface area (TPSA) is 216 Å². The Balaban J connectivity index is 0. The second kappa shape index (κ2) is 218. The molecule has 10 heteroatoms. The van der Waals surface area contributed by atoms with E-state index in [1.54, 1.807) is 0 Å². The van der Waals surface area contributed by atoms with Gasteiger partial charge in [-0.2, -0.15) is 0 Å². The minimum atomic E-state index is 0. The van der Waals surface area contributed by atoms with Crippen molar-refractivity contribution in [2.24, 2.45) is 0 Å². The zero-order valence-electron chi connectivity index (χ0n) is 4.79. The van der Waals surface area contributed by atoms with Crippen molar-refractivity contribution < 1.29 is 95.0 Å². The molecule has 0 fully saturated rings. The summed E-state index contributed by atoms with van der Waals surface area (Å²) in [4.78, 5) is 0. The molecule has 0 spiro atoms. The number of nitrogens with zero attached hydrogens (tertiary/aromatic N) is 4. The summed E-state index contributed by atoms with van der Waals surface area (Å²) in [5.74, 6) is 0. The van der Waals surface area contributed by atoms with E-state index in [1.807, 2.05) is 0 Å². The Kier molecular flexibility index (Phi) is 6200. The summed E-state index contributed by atoms with van der Waals surface area (Å²) in [5, 5.41) is 0. The Hall–Kier alpha value is 2.37. The van der Waals surface area contributed by atoms with Gasteiger partial charge in [-0.1, -0.05) is 0 Å². The van der Waals surface area contributed by atoms with Crippen molar-refractivity contribution in [1.82, 2.24) is 0 Å². The normalized spacial score (nSPS) is 0. The third-order valence-electron chi connectivity index (χ3n) is 0. The molecule has 0 aromatic heterocycles. The molecule has 0 radical (unpaired) electrons. The van der Waals surface area contributed by atoms with Crippen LogP contribution in [0.2, 0.25) is 0 Å². The largest absolute Gasteiger partial charge is 4.00 e. The maximum absolute atomic E-state index is 0. The Morgan fingerprint density at radius 2 is 0.300 bits per heavy atom. The van der Waals surface area contributed by atoms with E-state index < -0.39 is 0 Å².